The summed E-state index contributed by atoms with van der Waals surface area (Å²) in [7, 11) is 0. The highest BCUT2D eigenvalue weighted by molar-refractivity contribution is 6.07. The van der Waals surface area contributed by atoms with Gasteiger partial charge in [0.15, 0.2) is 0 Å². The van der Waals surface area contributed by atoms with E-state index in [4.69, 9.17) is 0 Å². The van der Waals surface area contributed by atoms with Gasteiger partial charge in [0.25, 0.3) is 0 Å². The number of aliphatic imine (C=N–C) groups is 1. The molecule has 21 heavy (non-hydrogen) atoms. The Morgan fingerprint density at radius 3 is 2.57 bits per heavy atom. The number of benzene rings is 1. The molecule has 1 aromatic rings. The highest BCUT2D eigenvalue weighted by Gasteiger charge is 2.44. The standard InChI is InChI=1S/C16H15F3N2/c1-9-5-4-6-12-7-8-21-14(16(17,18)19)10(2)11(3)20-15(21)13(9)12/h4-8,11H,1-3H3. The summed E-state index contributed by atoms with van der Waals surface area (Å²) in [6.45, 7) is 5.08. The second-order valence-electron chi connectivity index (χ2n) is 5.38. The minimum Gasteiger partial charge on any atom is -0.297 e. The van der Waals surface area contributed by atoms with Crippen molar-refractivity contribution in [2.24, 2.45) is 4.99 Å². The smallest absolute Gasteiger partial charge is 0.297 e. The maximum atomic E-state index is 13.4. The van der Waals surface area contributed by atoms with Crippen LogP contribution in [0.25, 0.3) is 6.08 Å². The Morgan fingerprint density at radius 2 is 1.90 bits per heavy atom. The largest absolute Gasteiger partial charge is 0.431 e. The van der Waals surface area contributed by atoms with Crippen LogP contribution in [0.15, 0.2) is 40.7 Å². The molecule has 5 heteroatoms. The van der Waals surface area contributed by atoms with Gasteiger partial charge in [0.05, 0.1) is 6.04 Å². The van der Waals surface area contributed by atoms with Crippen LogP contribution >= 0.6 is 0 Å². The monoisotopic (exact) mass is 292 g/mol. The second kappa shape index (κ2) is 4.48. The van der Waals surface area contributed by atoms with Crippen molar-refractivity contribution in [2.75, 3.05) is 0 Å². The van der Waals surface area contributed by atoms with Crippen molar-refractivity contribution in [2.45, 2.75) is 33.0 Å². The zero-order valence-electron chi connectivity index (χ0n) is 12.0. The lowest BCUT2D eigenvalue weighted by molar-refractivity contribution is -0.104. The van der Waals surface area contributed by atoms with Crippen LogP contribution in [0.4, 0.5) is 13.2 Å². The van der Waals surface area contributed by atoms with Gasteiger partial charge in [-0.1, -0.05) is 18.2 Å². The molecule has 0 saturated heterocycles. The summed E-state index contributed by atoms with van der Waals surface area (Å²) in [6, 6.07) is 5.20. The third-order valence-electron chi connectivity index (χ3n) is 3.99. The van der Waals surface area contributed by atoms with Crippen molar-refractivity contribution < 1.29 is 13.2 Å². The number of nitrogens with zero attached hydrogens (tertiary/aromatic N) is 2. The molecule has 1 unspecified atom stereocenters. The number of halogens is 3. The van der Waals surface area contributed by atoms with E-state index in [1.54, 1.807) is 13.0 Å². The SMILES string of the molecule is CC1=C(C(F)(F)F)N2C=Cc3cccc(C)c3C2=NC1C. The van der Waals surface area contributed by atoms with Gasteiger partial charge in [-0.25, -0.2) is 0 Å². The number of rotatable bonds is 0. The van der Waals surface area contributed by atoms with Crippen LogP contribution in [0.1, 0.15) is 30.5 Å². The average molecular weight is 292 g/mol. The van der Waals surface area contributed by atoms with Crippen molar-refractivity contribution in [1.82, 2.24) is 4.90 Å². The lowest BCUT2D eigenvalue weighted by atomic mass is 9.94. The van der Waals surface area contributed by atoms with Gasteiger partial charge >= 0.3 is 6.18 Å². The molecule has 0 spiro atoms. The van der Waals surface area contributed by atoms with Crippen molar-refractivity contribution in [3.8, 4) is 0 Å². The molecule has 1 aromatic carbocycles. The normalized spacial score (nSPS) is 21.1. The number of aryl methyl sites for hydroxylation is 1. The van der Waals surface area contributed by atoms with E-state index >= 15 is 0 Å². The topological polar surface area (TPSA) is 15.6 Å². The average Bonchev–Trinajstić information content (AvgIpc) is 2.38. The molecule has 0 radical (unpaired) electrons. The van der Waals surface area contributed by atoms with Gasteiger partial charge in [-0.15, -0.1) is 0 Å². The highest BCUT2D eigenvalue weighted by atomic mass is 19.4. The third kappa shape index (κ3) is 2.07. The van der Waals surface area contributed by atoms with Crippen LogP contribution < -0.4 is 0 Å². The fraction of sp³-hybridized carbons (Fsp3) is 0.312. The Hall–Kier alpha value is -2.04. The molecule has 2 heterocycles. The summed E-state index contributed by atoms with van der Waals surface area (Å²) in [5, 5.41) is 0. The molecule has 0 aromatic heterocycles. The minimum absolute atomic E-state index is 0.243. The van der Waals surface area contributed by atoms with Crippen LogP contribution in [0.2, 0.25) is 0 Å². The maximum absolute atomic E-state index is 13.4. The zero-order chi connectivity index (χ0) is 15.4. The number of allylic oxidation sites excluding steroid dienone is 1. The molecule has 2 nitrogen and oxygen atoms in total. The molecule has 0 N–H and O–H groups in total. The number of alkyl halides is 3. The van der Waals surface area contributed by atoms with Crippen LogP contribution in [0.5, 0.6) is 0 Å². The van der Waals surface area contributed by atoms with Gasteiger partial charge in [-0.3, -0.25) is 9.89 Å². The molecule has 0 amide bonds. The number of hydrogen-bond donors (Lipinski definition) is 0. The van der Waals surface area contributed by atoms with Gasteiger partial charge in [0.2, 0.25) is 0 Å². The zero-order valence-corrected chi connectivity index (χ0v) is 12.0. The van der Waals surface area contributed by atoms with Crippen molar-refractivity contribution in [3.63, 3.8) is 0 Å². The minimum atomic E-state index is -4.40. The molecule has 2 aliphatic heterocycles. The first-order valence-corrected chi connectivity index (χ1v) is 6.74. The lowest BCUT2D eigenvalue weighted by Crippen LogP contribution is -2.41. The van der Waals surface area contributed by atoms with Crippen LogP contribution in [-0.4, -0.2) is 23.0 Å². The third-order valence-corrected chi connectivity index (χ3v) is 3.99. The Morgan fingerprint density at radius 1 is 1.19 bits per heavy atom. The van der Waals surface area contributed by atoms with Crippen LogP contribution in [-0.2, 0) is 0 Å². The number of fused-ring (bicyclic) bond motifs is 3. The predicted molar refractivity (Wildman–Crippen MR) is 76.8 cm³/mol. The summed E-state index contributed by atoms with van der Waals surface area (Å²) in [6.07, 6.45) is -1.24. The van der Waals surface area contributed by atoms with Gasteiger partial charge < -0.3 is 0 Å². The van der Waals surface area contributed by atoms with E-state index in [1.807, 2.05) is 25.1 Å². The first-order chi connectivity index (χ1) is 9.80. The number of hydrogen-bond acceptors (Lipinski definition) is 2. The first kappa shape index (κ1) is 13.9. The van der Waals surface area contributed by atoms with E-state index in [9.17, 15) is 13.2 Å². The molecule has 0 saturated carbocycles. The quantitative estimate of drug-likeness (QED) is 0.697. The summed E-state index contributed by atoms with van der Waals surface area (Å²) in [5.41, 5.74) is 2.23. The lowest BCUT2D eigenvalue weighted by Gasteiger charge is -2.36. The van der Waals surface area contributed by atoms with E-state index in [2.05, 4.69) is 4.99 Å². The first-order valence-electron chi connectivity index (χ1n) is 6.74. The fourth-order valence-corrected chi connectivity index (χ4v) is 2.82. The Balaban J connectivity index is 2.23. The highest BCUT2D eigenvalue weighted by Crippen LogP contribution is 2.39. The molecular formula is C16H15F3N2. The van der Waals surface area contributed by atoms with E-state index < -0.39 is 17.9 Å². The van der Waals surface area contributed by atoms with Gasteiger partial charge in [0, 0.05) is 11.8 Å². The fourth-order valence-electron chi connectivity index (χ4n) is 2.82. The summed E-state index contributed by atoms with van der Waals surface area (Å²) in [5.74, 6) is 0.385. The molecule has 0 fully saturated rings. The van der Waals surface area contributed by atoms with Gasteiger partial charge in [-0.05, 0) is 43.5 Å². The van der Waals surface area contributed by atoms with Crippen molar-refractivity contribution in [1.29, 1.82) is 0 Å². The Bertz CT molecular complexity index is 696. The van der Waals surface area contributed by atoms with E-state index in [1.165, 1.54) is 18.0 Å². The van der Waals surface area contributed by atoms with Crippen molar-refractivity contribution >= 4 is 11.9 Å². The molecule has 110 valence electrons. The second-order valence-corrected chi connectivity index (χ2v) is 5.38. The molecule has 0 bridgehead atoms. The molecular weight excluding hydrogens is 277 g/mol. The summed E-state index contributed by atoms with van der Waals surface area (Å²) < 4.78 is 40.3. The molecule has 0 aliphatic carbocycles. The Kier molecular flexibility index (Phi) is 2.97. The Labute approximate surface area is 121 Å². The van der Waals surface area contributed by atoms with Gasteiger partial charge in [-0.2, -0.15) is 13.2 Å². The predicted octanol–water partition coefficient (Wildman–Crippen LogP) is 4.27. The molecule has 1 atom stereocenters. The molecule has 3 rings (SSSR count). The van der Waals surface area contributed by atoms with Crippen LogP contribution in [0.3, 0.4) is 0 Å². The van der Waals surface area contributed by atoms with E-state index in [0.717, 1.165) is 16.7 Å². The summed E-state index contributed by atoms with van der Waals surface area (Å²) >= 11 is 0. The molecule has 2 aliphatic rings. The summed E-state index contributed by atoms with van der Waals surface area (Å²) in [4.78, 5) is 5.66. The van der Waals surface area contributed by atoms with Crippen molar-refractivity contribution in [3.05, 3.63) is 52.4 Å². The van der Waals surface area contributed by atoms with Crippen LogP contribution in [0, 0.1) is 6.92 Å². The number of amidine groups is 1. The van der Waals surface area contributed by atoms with E-state index in [-0.39, 0.29) is 5.57 Å². The van der Waals surface area contributed by atoms with Gasteiger partial charge in [0.1, 0.15) is 11.5 Å². The van der Waals surface area contributed by atoms with E-state index in [0.29, 0.717) is 5.84 Å². The maximum Gasteiger partial charge on any atom is 0.431 e.